The van der Waals surface area contributed by atoms with Gasteiger partial charge < -0.3 is 14.8 Å². The summed E-state index contributed by atoms with van der Waals surface area (Å²) in [5.41, 5.74) is 3.23. The van der Waals surface area contributed by atoms with E-state index in [1.807, 2.05) is 30.3 Å². The number of amides is 1. The fourth-order valence-electron chi connectivity index (χ4n) is 3.03. The van der Waals surface area contributed by atoms with Gasteiger partial charge in [0, 0.05) is 6.54 Å². The van der Waals surface area contributed by atoms with Gasteiger partial charge in [-0.1, -0.05) is 24.3 Å². The molecule has 8 heteroatoms. The number of nitrogens with zero attached hydrogens (tertiary/aromatic N) is 4. The summed E-state index contributed by atoms with van der Waals surface area (Å²) >= 11 is 0. The lowest BCUT2D eigenvalue weighted by Crippen LogP contribution is -2.34. The van der Waals surface area contributed by atoms with E-state index in [1.165, 1.54) is 11.9 Å². The Balaban J connectivity index is 1.27. The van der Waals surface area contributed by atoms with Gasteiger partial charge in [0.2, 0.25) is 0 Å². The Morgan fingerprint density at radius 2 is 2.07 bits per heavy atom. The Labute approximate surface area is 156 Å². The molecule has 8 nitrogen and oxygen atoms in total. The molecule has 0 spiro atoms. The van der Waals surface area contributed by atoms with Gasteiger partial charge in [0.1, 0.15) is 18.2 Å². The highest BCUT2D eigenvalue weighted by Crippen LogP contribution is 2.26. The molecule has 1 aliphatic rings. The first-order valence-electron chi connectivity index (χ1n) is 8.72. The molecule has 0 saturated carbocycles. The van der Waals surface area contributed by atoms with Crippen molar-refractivity contribution in [3.05, 3.63) is 66.0 Å². The smallest absolute Gasteiger partial charge is 0.258 e. The third-order valence-corrected chi connectivity index (χ3v) is 4.40. The molecule has 0 bridgehead atoms. The number of aromatic nitrogens is 4. The average Bonchev–Trinajstić information content (AvgIpc) is 3.26. The predicted molar refractivity (Wildman–Crippen MR) is 96.5 cm³/mol. The van der Waals surface area contributed by atoms with E-state index >= 15 is 0 Å². The van der Waals surface area contributed by atoms with E-state index in [0.29, 0.717) is 18.9 Å². The normalized spacial score (nSPS) is 15.8. The largest absolute Gasteiger partial charge is 0.484 e. The van der Waals surface area contributed by atoms with Gasteiger partial charge in [-0.3, -0.25) is 4.79 Å². The van der Waals surface area contributed by atoms with Crippen molar-refractivity contribution in [3.8, 4) is 11.4 Å². The monoisotopic (exact) mass is 365 g/mol. The number of tetrazole rings is 1. The van der Waals surface area contributed by atoms with Gasteiger partial charge in [0.15, 0.2) is 6.61 Å². The molecule has 27 heavy (non-hydrogen) atoms. The number of benzene rings is 2. The van der Waals surface area contributed by atoms with E-state index in [-0.39, 0.29) is 18.6 Å². The van der Waals surface area contributed by atoms with Gasteiger partial charge in [0.05, 0.1) is 12.3 Å². The van der Waals surface area contributed by atoms with Crippen molar-refractivity contribution in [2.45, 2.75) is 12.5 Å². The summed E-state index contributed by atoms with van der Waals surface area (Å²) in [7, 11) is 0. The predicted octanol–water partition coefficient (Wildman–Crippen LogP) is 1.47. The molecule has 1 amide bonds. The molecule has 0 aliphatic carbocycles. The molecule has 2 heterocycles. The van der Waals surface area contributed by atoms with Crippen molar-refractivity contribution >= 4 is 5.91 Å². The first-order valence-corrected chi connectivity index (χ1v) is 8.72. The molecular weight excluding hydrogens is 346 g/mol. The Morgan fingerprint density at radius 3 is 2.89 bits per heavy atom. The standard InChI is InChI=1S/C19H19N5O3/c25-19(20-11-18-17-4-2-1-3-14(17)9-10-26-18)12-27-16-7-5-15(6-8-16)24-13-21-22-23-24/h1-8,13,18H,9-12H2,(H,20,25)/t18-/m1/s1. The minimum atomic E-state index is -0.189. The number of carbonyl (C=O) groups is 1. The molecule has 1 aromatic heterocycles. The summed E-state index contributed by atoms with van der Waals surface area (Å²) in [6.07, 6.45) is 2.30. The lowest BCUT2D eigenvalue weighted by Gasteiger charge is -2.26. The van der Waals surface area contributed by atoms with Crippen molar-refractivity contribution in [2.75, 3.05) is 19.8 Å². The lowest BCUT2D eigenvalue weighted by atomic mass is 9.97. The van der Waals surface area contributed by atoms with Gasteiger partial charge in [-0.15, -0.1) is 5.10 Å². The van der Waals surface area contributed by atoms with Crippen molar-refractivity contribution < 1.29 is 14.3 Å². The molecule has 1 atom stereocenters. The van der Waals surface area contributed by atoms with Crippen LogP contribution in [0.25, 0.3) is 5.69 Å². The molecule has 2 aromatic carbocycles. The van der Waals surface area contributed by atoms with E-state index in [9.17, 15) is 4.79 Å². The van der Waals surface area contributed by atoms with E-state index in [2.05, 4.69) is 26.9 Å². The van der Waals surface area contributed by atoms with Crippen LogP contribution in [0.15, 0.2) is 54.9 Å². The van der Waals surface area contributed by atoms with Crippen LogP contribution in [-0.2, 0) is 16.0 Å². The minimum Gasteiger partial charge on any atom is -0.484 e. The topological polar surface area (TPSA) is 91.2 Å². The van der Waals surface area contributed by atoms with Gasteiger partial charge in [0.25, 0.3) is 5.91 Å². The summed E-state index contributed by atoms with van der Waals surface area (Å²) in [6.45, 7) is 1.04. The molecule has 3 aromatic rings. The summed E-state index contributed by atoms with van der Waals surface area (Å²) in [6, 6.07) is 15.3. The third kappa shape index (κ3) is 4.12. The number of hydrogen-bond donors (Lipinski definition) is 1. The first-order chi connectivity index (χ1) is 13.3. The summed E-state index contributed by atoms with van der Waals surface area (Å²) in [5, 5.41) is 13.9. The zero-order chi connectivity index (χ0) is 18.5. The minimum absolute atomic E-state index is 0.0569. The number of ether oxygens (including phenoxy) is 2. The average molecular weight is 365 g/mol. The molecule has 0 fully saturated rings. The molecule has 4 rings (SSSR count). The van der Waals surface area contributed by atoms with E-state index in [0.717, 1.165) is 17.7 Å². The molecular formula is C19H19N5O3. The fraction of sp³-hybridized carbons (Fsp3) is 0.263. The molecule has 0 saturated heterocycles. The van der Waals surface area contributed by atoms with Crippen LogP contribution in [0.2, 0.25) is 0 Å². The van der Waals surface area contributed by atoms with Crippen LogP contribution >= 0.6 is 0 Å². The first kappa shape index (κ1) is 17.2. The number of carbonyl (C=O) groups excluding carboxylic acids is 1. The van der Waals surface area contributed by atoms with Crippen LogP contribution in [-0.4, -0.2) is 45.9 Å². The van der Waals surface area contributed by atoms with Crippen molar-refractivity contribution in [1.29, 1.82) is 0 Å². The van der Waals surface area contributed by atoms with Gasteiger partial charge in [-0.05, 0) is 52.2 Å². The van der Waals surface area contributed by atoms with Crippen LogP contribution in [0.5, 0.6) is 5.75 Å². The third-order valence-electron chi connectivity index (χ3n) is 4.40. The number of fused-ring (bicyclic) bond motifs is 1. The quantitative estimate of drug-likeness (QED) is 0.711. The van der Waals surface area contributed by atoms with Crippen LogP contribution < -0.4 is 10.1 Å². The van der Waals surface area contributed by atoms with Crippen molar-refractivity contribution in [1.82, 2.24) is 25.5 Å². The van der Waals surface area contributed by atoms with Crippen LogP contribution in [0.4, 0.5) is 0 Å². The van der Waals surface area contributed by atoms with Gasteiger partial charge in [-0.25, -0.2) is 4.68 Å². The summed E-state index contributed by atoms with van der Waals surface area (Å²) in [4.78, 5) is 12.1. The molecule has 1 N–H and O–H groups in total. The Bertz CT molecular complexity index is 896. The van der Waals surface area contributed by atoms with Crippen LogP contribution in [0.3, 0.4) is 0 Å². The SMILES string of the molecule is O=C(COc1ccc(-n2cnnn2)cc1)NC[C@H]1OCCc2ccccc21. The number of rotatable bonds is 6. The highest BCUT2D eigenvalue weighted by molar-refractivity contribution is 5.77. The second-order valence-corrected chi connectivity index (χ2v) is 6.15. The summed E-state index contributed by atoms with van der Waals surface area (Å²) in [5.74, 6) is 0.410. The molecule has 0 unspecified atom stereocenters. The van der Waals surface area contributed by atoms with Crippen LogP contribution in [0.1, 0.15) is 17.2 Å². The van der Waals surface area contributed by atoms with Crippen molar-refractivity contribution in [2.24, 2.45) is 0 Å². The second kappa shape index (κ2) is 7.96. The molecule has 1 aliphatic heterocycles. The lowest BCUT2D eigenvalue weighted by molar-refractivity contribution is -0.123. The zero-order valence-electron chi connectivity index (χ0n) is 14.6. The Kier molecular flexibility index (Phi) is 5.06. The van der Waals surface area contributed by atoms with Gasteiger partial charge in [-0.2, -0.15) is 0 Å². The maximum atomic E-state index is 12.1. The van der Waals surface area contributed by atoms with Gasteiger partial charge >= 0.3 is 0 Å². The van der Waals surface area contributed by atoms with E-state index < -0.39 is 0 Å². The number of nitrogens with one attached hydrogen (secondary N) is 1. The van der Waals surface area contributed by atoms with Crippen molar-refractivity contribution in [3.63, 3.8) is 0 Å². The highest BCUT2D eigenvalue weighted by atomic mass is 16.5. The Hall–Kier alpha value is -3.26. The van der Waals surface area contributed by atoms with Crippen LogP contribution in [0, 0.1) is 0 Å². The maximum absolute atomic E-state index is 12.1. The zero-order valence-corrected chi connectivity index (χ0v) is 14.6. The van der Waals surface area contributed by atoms with E-state index in [4.69, 9.17) is 9.47 Å². The number of hydrogen-bond acceptors (Lipinski definition) is 6. The second-order valence-electron chi connectivity index (χ2n) is 6.15. The highest BCUT2D eigenvalue weighted by Gasteiger charge is 2.20. The fourth-order valence-corrected chi connectivity index (χ4v) is 3.03. The Morgan fingerprint density at radius 1 is 1.22 bits per heavy atom. The van der Waals surface area contributed by atoms with E-state index in [1.54, 1.807) is 16.8 Å². The summed E-state index contributed by atoms with van der Waals surface area (Å²) < 4.78 is 12.9. The maximum Gasteiger partial charge on any atom is 0.258 e. The molecule has 0 radical (unpaired) electrons. The molecule has 138 valence electrons.